The van der Waals surface area contributed by atoms with Crippen molar-refractivity contribution in [2.24, 2.45) is 0 Å². The second kappa shape index (κ2) is 8.37. The average molecular weight is 286 g/mol. The maximum absolute atomic E-state index is 11.4. The van der Waals surface area contributed by atoms with Gasteiger partial charge < -0.3 is 14.8 Å². The summed E-state index contributed by atoms with van der Waals surface area (Å²) < 4.78 is 9.76. The van der Waals surface area contributed by atoms with E-state index in [4.69, 9.17) is 21.1 Å². The van der Waals surface area contributed by atoms with Gasteiger partial charge in [-0.25, -0.2) is 4.79 Å². The zero-order valence-electron chi connectivity index (χ0n) is 10.6. The summed E-state index contributed by atoms with van der Waals surface area (Å²) in [6.45, 7) is 2.46. The van der Waals surface area contributed by atoms with Crippen LogP contribution in [0.5, 0.6) is 5.75 Å². The molecule has 1 aromatic rings. The highest BCUT2D eigenvalue weighted by Gasteiger charge is 2.05. The van der Waals surface area contributed by atoms with Gasteiger partial charge in [0.1, 0.15) is 5.75 Å². The minimum atomic E-state index is -0.578. The van der Waals surface area contributed by atoms with Crippen LogP contribution in [0.3, 0.4) is 0 Å². The lowest BCUT2D eigenvalue weighted by Gasteiger charge is -2.06. The minimum Gasteiger partial charge on any atom is -0.466 e. The van der Waals surface area contributed by atoms with Crippen LogP contribution in [0.4, 0.5) is 4.79 Å². The second-order valence-electron chi connectivity index (χ2n) is 3.68. The van der Waals surface area contributed by atoms with Crippen molar-refractivity contribution in [3.63, 3.8) is 0 Å². The molecule has 0 saturated carbocycles. The van der Waals surface area contributed by atoms with Gasteiger partial charge in [0.25, 0.3) is 0 Å². The minimum absolute atomic E-state index is 0.269. The predicted molar refractivity (Wildman–Crippen MR) is 71.3 cm³/mol. The van der Waals surface area contributed by atoms with E-state index in [-0.39, 0.29) is 12.4 Å². The first-order valence-corrected chi connectivity index (χ1v) is 6.36. The number of carbonyl (C=O) groups excluding carboxylic acids is 2. The Morgan fingerprint density at radius 2 is 2.16 bits per heavy atom. The van der Waals surface area contributed by atoms with Crippen molar-refractivity contribution in [1.82, 2.24) is 5.32 Å². The maximum atomic E-state index is 11.4. The van der Waals surface area contributed by atoms with Crippen LogP contribution in [-0.2, 0) is 9.53 Å². The standard InChI is InChI=1S/C13H16ClNO4/c1-2-18-12(16)7-4-8-15-13(17)19-11-6-3-5-10(14)9-11/h3,5-6,9H,2,4,7-8H2,1H3,(H,15,17). The van der Waals surface area contributed by atoms with E-state index in [1.807, 2.05) is 0 Å². The Morgan fingerprint density at radius 3 is 2.84 bits per heavy atom. The number of carbonyl (C=O) groups is 2. The van der Waals surface area contributed by atoms with Gasteiger partial charge in [-0.2, -0.15) is 0 Å². The Morgan fingerprint density at radius 1 is 1.37 bits per heavy atom. The van der Waals surface area contributed by atoms with Gasteiger partial charge in [0.15, 0.2) is 0 Å². The number of halogens is 1. The molecule has 0 atom stereocenters. The highest BCUT2D eigenvalue weighted by molar-refractivity contribution is 6.30. The number of hydrogen-bond donors (Lipinski definition) is 1. The Bertz CT molecular complexity index is 436. The zero-order chi connectivity index (χ0) is 14.1. The van der Waals surface area contributed by atoms with E-state index in [1.165, 1.54) is 0 Å². The monoisotopic (exact) mass is 285 g/mol. The van der Waals surface area contributed by atoms with E-state index >= 15 is 0 Å². The summed E-state index contributed by atoms with van der Waals surface area (Å²) in [5, 5.41) is 3.03. The molecule has 1 aromatic carbocycles. The Balaban J connectivity index is 2.20. The van der Waals surface area contributed by atoms with Gasteiger partial charge in [-0.1, -0.05) is 17.7 Å². The van der Waals surface area contributed by atoms with E-state index in [2.05, 4.69) is 5.32 Å². The molecule has 0 aliphatic rings. The molecule has 1 amide bonds. The number of rotatable bonds is 6. The maximum Gasteiger partial charge on any atom is 0.412 e. The number of nitrogens with one attached hydrogen (secondary N) is 1. The SMILES string of the molecule is CCOC(=O)CCCNC(=O)Oc1cccc(Cl)c1. The first-order chi connectivity index (χ1) is 9.11. The molecule has 0 spiro atoms. The fraction of sp³-hybridized carbons (Fsp3) is 0.385. The normalized spacial score (nSPS) is 9.79. The third-order valence-electron chi connectivity index (χ3n) is 2.14. The van der Waals surface area contributed by atoms with Gasteiger partial charge >= 0.3 is 12.1 Å². The summed E-state index contributed by atoms with van der Waals surface area (Å²) >= 11 is 5.76. The molecule has 0 radical (unpaired) electrons. The summed E-state index contributed by atoms with van der Waals surface area (Å²) in [4.78, 5) is 22.4. The Kier molecular flexibility index (Phi) is 6.74. The molecular formula is C13H16ClNO4. The van der Waals surface area contributed by atoms with Gasteiger partial charge in [0, 0.05) is 18.0 Å². The fourth-order valence-electron chi connectivity index (χ4n) is 1.33. The molecule has 0 fully saturated rings. The van der Waals surface area contributed by atoms with Crippen LogP contribution in [0.25, 0.3) is 0 Å². The Hall–Kier alpha value is -1.75. The molecule has 5 nitrogen and oxygen atoms in total. The summed E-state index contributed by atoms with van der Waals surface area (Å²) in [5.41, 5.74) is 0. The summed E-state index contributed by atoms with van der Waals surface area (Å²) in [7, 11) is 0. The molecule has 6 heteroatoms. The number of benzene rings is 1. The second-order valence-corrected chi connectivity index (χ2v) is 4.12. The largest absolute Gasteiger partial charge is 0.466 e. The number of amides is 1. The molecule has 19 heavy (non-hydrogen) atoms. The van der Waals surface area contributed by atoms with Crippen LogP contribution in [-0.4, -0.2) is 25.2 Å². The lowest BCUT2D eigenvalue weighted by atomic mass is 10.3. The average Bonchev–Trinajstić information content (AvgIpc) is 2.35. The highest BCUT2D eigenvalue weighted by atomic mass is 35.5. The molecule has 0 bridgehead atoms. The number of ether oxygens (including phenoxy) is 2. The fourth-order valence-corrected chi connectivity index (χ4v) is 1.51. The molecule has 0 aliphatic carbocycles. The van der Waals surface area contributed by atoms with Crippen molar-refractivity contribution < 1.29 is 19.1 Å². The van der Waals surface area contributed by atoms with Crippen molar-refractivity contribution in [3.8, 4) is 5.75 Å². The van der Waals surface area contributed by atoms with Crippen molar-refractivity contribution in [1.29, 1.82) is 0 Å². The molecule has 1 N–H and O–H groups in total. The lowest BCUT2D eigenvalue weighted by Crippen LogP contribution is -2.28. The lowest BCUT2D eigenvalue weighted by molar-refractivity contribution is -0.143. The van der Waals surface area contributed by atoms with Crippen LogP contribution in [0.1, 0.15) is 19.8 Å². The molecule has 0 aromatic heterocycles. The van der Waals surface area contributed by atoms with E-state index < -0.39 is 6.09 Å². The molecule has 0 saturated heterocycles. The van der Waals surface area contributed by atoms with E-state index in [9.17, 15) is 9.59 Å². The van der Waals surface area contributed by atoms with Gasteiger partial charge in [0.05, 0.1) is 6.61 Å². The van der Waals surface area contributed by atoms with E-state index in [1.54, 1.807) is 31.2 Å². The third kappa shape index (κ3) is 6.67. The molecular weight excluding hydrogens is 270 g/mol. The first kappa shape index (κ1) is 15.3. The quantitative estimate of drug-likeness (QED) is 0.645. The number of esters is 1. The van der Waals surface area contributed by atoms with Crippen LogP contribution in [0, 0.1) is 0 Å². The zero-order valence-corrected chi connectivity index (χ0v) is 11.4. The van der Waals surface area contributed by atoms with Gasteiger partial charge in [-0.05, 0) is 31.5 Å². The van der Waals surface area contributed by atoms with E-state index in [0.29, 0.717) is 30.3 Å². The van der Waals surface area contributed by atoms with Crippen LogP contribution >= 0.6 is 11.6 Å². The molecule has 104 valence electrons. The third-order valence-corrected chi connectivity index (χ3v) is 2.37. The summed E-state index contributed by atoms with van der Waals surface area (Å²) in [6.07, 6.45) is 0.195. The molecule has 1 rings (SSSR count). The van der Waals surface area contributed by atoms with Gasteiger partial charge in [-0.15, -0.1) is 0 Å². The van der Waals surface area contributed by atoms with Crippen LogP contribution in [0.15, 0.2) is 24.3 Å². The number of hydrogen-bond acceptors (Lipinski definition) is 4. The van der Waals surface area contributed by atoms with Crippen LogP contribution in [0.2, 0.25) is 5.02 Å². The highest BCUT2D eigenvalue weighted by Crippen LogP contribution is 2.16. The van der Waals surface area contributed by atoms with Crippen molar-refractivity contribution in [2.45, 2.75) is 19.8 Å². The molecule has 0 aliphatic heterocycles. The molecule has 0 heterocycles. The van der Waals surface area contributed by atoms with Crippen molar-refractivity contribution in [2.75, 3.05) is 13.2 Å². The summed E-state index contributed by atoms with van der Waals surface area (Å²) in [6, 6.07) is 6.54. The first-order valence-electron chi connectivity index (χ1n) is 5.98. The molecule has 0 unspecified atom stereocenters. The smallest absolute Gasteiger partial charge is 0.412 e. The topological polar surface area (TPSA) is 64.6 Å². The van der Waals surface area contributed by atoms with Crippen LogP contribution < -0.4 is 10.1 Å². The van der Waals surface area contributed by atoms with Crippen molar-refractivity contribution in [3.05, 3.63) is 29.3 Å². The van der Waals surface area contributed by atoms with Crippen molar-refractivity contribution >= 4 is 23.7 Å². The predicted octanol–water partition coefficient (Wildman–Crippen LogP) is 2.77. The van der Waals surface area contributed by atoms with E-state index in [0.717, 1.165) is 0 Å². The van der Waals surface area contributed by atoms with Gasteiger partial charge in [0.2, 0.25) is 0 Å². The Labute approximate surface area is 116 Å². The van der Waals surface area contributed by atoms with Gasteiger partial charge in [-0.3, -0.25) is 4.79 Å². The summed E-state index contributed by atoms with van der Waals surface area (Å²) in [5.74, 6) is 0.0999.